The van der Waals surface area contributed by atoms with Crippen LogP contribution >= 0.6 is 0 Å². The lowest BCUT2D eigenvalue weighted by atomic mass is 10.1. The zero-order valence-corrected chi connectivity index (χ0v) is 17.6. The van der Waals surface area contributed by atoms with Crippen molar-refractivity contribution in [2.45, 2.75) is 19.9 Å². The molecule has 0 unspecified atom stereocenters. The first kappa shape index (κ1) is 20.9. The average molecular weight is 423 g/mol. The van der Waals surface area contributed by atoms with Crippen LogP contribution in [0.15, 0.2) is 54.7 Å². The molecule has 0 N–H and O–H groups in total. The standard InChI is InChI=1S/C24H26FN3O3/c1-2-31-24(30)27-13-11-26(12-14-27)23(29)15-19-17-28(22-6-4-3-5-21(19)22)16-18-7-9-20(25)10-8-18/h3-10,17H,2,11-16H2,1H3. The molecule has 0 bridgehead atoms. The van der Waals surface area contributed by atoms with Gasteiger partial charge in [0.15, 0.2) is 0 Å². The van der Waals surface area contributed by atoms with Gasteiger partial charge in [0.25, 0.3) is 0 Å². The van der Waals surface area contributed by atoms with Gasteiger partial charge in [0.2, 0.25) is 5.91 Å². The molecule has 1 aliphatic heterocycles. The predicted molar refractivity (Wildman–Crippen MR) is 116 cm³/mol. The van der Waals surface area contributed by atoms with Crippen molar-refractivity contribution >= 4 is 22.9 Å². The summed E-state index contributed by atoms with van der Waals surface area (Å²) in [7, 11) is 0. The summed E-state index contributed by atoms with van der Waals surface area (Å²) in [6.07, 6.45) is 2.00. The van der Waals surface area contributed by atoms with Crippen molar-refractivity contribution in [2.24, 2.45) is 0 Å². The van der Waals surface area contributed by atoms with Crippen LogP contribution in [0.25, 0.3) is 10.9 Å². The number of para-hydroxylation sites is 1. The van der Waals surface area contributed by atoms with Crippen molar-refractivity contribution in [2.75, 3.05) is 32.8 Å². The highest BCUT2D eigenvalue weighted by Gasteiger charge is 2.25. The predicted octanol–water partition coefficient (Wildman–Crippen LogP) is 3.67. The third-order valence-corrected chi connectivity index (χ3v) is 5.64. The maximum atomic E-state index is 13.2. The summed E-state index contributed by atoms with van der Waals surface area (Å²) in [5.74, 6) is -0.205. The maximum absolute atomic E-state index is 13.2. The van der Waals surface area contributed by atoms with Crippen LogP contribution in [0.4, 0.5) is 9.18 Å². The molecule has 1 aliphatic rings. The van der Waals surface area contributed by atoms with Crippen molar-refractivity contribution in [3.63, 3.8) is 0 Å². The fourth-order valence-corrected chi connectivity index (χ4v) is 4.01. The Morgan fingerprint density at radius 3 is 2.35 bits per heavy atom. The first-order valence-corrected chi connectivity index (χ1v) is 10.6. The van der Waals surface area contributed by atoms with Crippen LogP contribution in [0.3, 0.4) is 0 Å². The van der Waals surface area contributed by atoms with E-state index in [1.165, 1.54) is 12.1 Å². The molecule has 0 radical (unpaired) electrons. The maximum Gasteiger partial charge on any atom is 0.409 e. The Bertz CT molecular complexity index is 1070. The van der Waals surface area contributed by atoms with Crippen LogP contribution in [-0.4, -0.2) is 59.2 Å². The highest BCUT2D eigenvalue weighted by Crippen LogP contribution is 2.24. The molecule has 1 aromatic heterocycles. The zero-order valence-electron chi connectivity index (χ0n) is 17.6. The monoisotopic (exact) mass is 423 g/mol. The largest absolute Gasteiger partial charge is 0.450 e. The Labute approximate surface area is 180 Å². The molecular formula is C24H26FN3O3. The van der Waals surface area contributed by atoms with Crippen molar-refractivity contribution in [3.05, 3.63) is 71.7 Å². The number of aromatic nitrogens is 1. The topological polar surface area (TPSA) is 54.8 Å². The summed E-state index contributed by atoms with van der Waals surface area (Å²) in [5, 5.41) is 1.04. The molecule has 3 aromatic rings. The van der Waals surface area contributed by atoms with E-state index in [-0.39, 0.29) is 17.8 Å². The third-order valence-electron chi connectivity index (χ3n) is 5.64. The van der Waals surface area contributed by atoms with Gasteiger partial charge in [-0.05, 0) is 36.2 Å². The van der Waals surface area contributed by atoms with Gasteiger partial charge in [0.1, 0.15) is 5.82 Å². The highest BCUT2D eigenvalue weighted by atomic mass is 19.1. The molecule has 1 fully saturated rings. The number of halogens is 1. The van der Waals surface area contributed by atoms with Gasteiger partial charge in [-0.1, -0.05) is 30.3 Å². The molecule has 2 amide bonds. The Balaban J connectivity index is 1.47. The number of nitrogens with zero attached hydrogens (tertiary/aromatic N) is 3. The van der Waals surface area contributed by atoms with Gasteiger partial charge in [-0.15, -0.1) is 0 Å². The Morgan fingerprint density at radius 2 is 1.65 bits per heavy atom. The normalized spacial score (nSPS) is 14.1. The summed E-state index contributed by atoms with van der Waals surface area (Å²) < 4.78 is 20.4. The fraction of sp³-hybridized carbons (Fsp3) is 0.333. The number of piperazine rings is 1. The molecule has 1 saturated heterocycles. The second kappa shape index (κ2) is 9.20. The fourth-order valence-electron chi connectivity index (χ4n) is 4.01. The molecule has 2 heterocycles. The van der Waals surface area contributed by atoms with Crippen LogP contribution < -0.4 is 0 Å². The van der Waals surface area contributed by atoms with E-state index in [4.69, 9.17) is 4.74 Å². The number of ether oxygens (including phenoxy) is 1. The van der Waals surface area contributed by atoms with Gasteiger partial charge >= 0.3 is 6.09 Å². The summed E-state index contributed by atoms with van der Waals surface area (Å²) in [4.78, 5) is 28.3. The lowest BCUT2D eigenvalue weighted by molar-refractivity contribution is -0.132. The molecule has 4 rings (SSSR count). The summed E-state index contributed by atoms with van der Waals surface area (Å²) in [6, 6.07) is 14.5. The highest BCUT2D eigenvalue weighted by molar-refractivity contribution is 5.89. The second-order valence-electron chi connectivity index (χ2n) is 7.67. The third kappa shape index (κ3) is 4.71. The number of benzene rings is 2. The smallest absolute Gasteiger partial charge is 0.409 e. The van der Waals surface area contributed by atoms with Crippen molar-refractivity contribution in [1.29, 1.82) is 0 Å². The molecule has 0 aliphatic carbocycles. The molecule has 6 nitrogen and oxygen atoms in total. The summed E-state index contributed by atoms with van der Waals surface area (Å²) in [5.41, 5.74) is 3.01. The molecule has 0 spiro atoms. The van der Waals surface area contributed by atoms with Crippen LogP contribution in [0, 0.1) is 5.82 Å². The number of rotatable bonds is 5. The van der Waals surface area contributed by atoms with E-state index in [0.717, 1.165) is 22.0 Å². The molecule has 0 atom stereocenters. The van der Waals surface area contributed by atoms with Gasteiger partial charge in [-0.25, -0.2) is 9.18 Å². The van der Waals surface area contributed by atoms with Gasteiger partial charge < -0.3 is 19.1 Å². The lowest BCUT2D eigenvalue weighted by Gasteiger charge is -2.34. The molecule has 2 aromatic carbocycles. The number of carbonyl (C=O) groups excluding carboxylic acids is 2. The minimum absolute atomic E-state index is 0.0493. The minimum Gasteiger partial charge on any atom is -0.450 e. The SMILES string of the molecule is CCOC(=O)N1CCN(C(=O)Cc2cn(Cc3ccc(F)cc3)c3ccccc23)CC1. The van der Waals surface area contributed by atoms with Gasteiger partial charge in [0, 0.05) is 49.8 Å². The van der Waals surface area contributed by atoms with Crippen LogP contribution in [0.1, 0.15) is 18.1 Å². The van der Waals surface area contributed by atoms with E-state index in [1.54, 1.807) is 24.0 Å². The van der Waals surface area contributed by atoms with Gasteiger partial charge in [0.05, 0.1) is 13.0 Å². The average Bonchev–Trinajstić information content (AvgIpc) is 3.13. The van der Waals surface area contributed by atoms with Crippen LogP contribution in [0.2, 0.25) is 0 Å². The quantitative estimate of drug-likeness (QED) is 0.629. The van der Waals surface area contributed by atoms with Crippen molar-refractivity contribution < 1.29 is 18.7 Å². The Morgan fingerprint density at radius 1 is 0.968 bits per heavy atom. The van der Waals surface area contributed by atoms with E-state index in [1.807, 2.05) is 35.4 Å². The number of carbonyl (C=O) groups is 2. The molecule has 0 saturated carbocycles. The molecule has 7 heteroatoms. The van der Waals surface area contributed by atoms with Crippen molar-refractivity contribution in [3.8, 4) is 0 Å². The number of fused-ring (bicyclic) bond motifs is 1. The summed E-state index contributed by atoms with van der Waals surface area (Å²) >= 11 is 0. The first-order valence-electron chi connectivity index (χ1n) is 10.6. The van der Waals surface area contributed by atoms with E-state index in [9.17, 15) is 14.0 Å². The van der Waals surface area contributed by atoms with Gasteiger partial charge in [-0.2, -0.15) is 0 Å². The Kier molecular flexibility index (Phi) is 6.21. The minimum atomic E-state index is -0.321. The van der Waals surface area contributed by atoms with Crippen LogP contribution in [0.5, 0.6) is 0 Å². The molecular weight excluding hydrogens is 397 g/mol. The van der Waals surface area contributed by atoms with E-state index < -0.39 is 0 Å². The van der Waals surface area contributed by atoms with E-state index in [0.29, 0.717) is 45.8 Å². The number of hydrogen-bond acceptors (Lipinski definition) is 3. The second-order valence-corrected chi connectivity index (χ2v) is 7.67. The van der Waals surface area contributed by atoms with Crippen molar-refractivity contribution in [1.82, 2.24) is 14.4 Å². The number of hydrogen-bond donors (Lipinski definition) is 0. The van der Waals surface area contributed by atoms with E-state index >= 15 is 0 Å². The van der Waals surface area contributed by atoms with E-state index in [2.05, 4.69) is 4.57 Å². The zero-order chi connectivity index (χ0) is 21.8. The first-order chi connectivity index (χ1) is 15.0. The Hall–Kier alpha value is -3.35. The lowest BCUT2D eigenvalue weighted by Crippen LogP contribution is -2.51. The van der Waals surface area contributed by atoms with Gasteiger partial charge in [-0.3, -0.25) is 4.79 Å². The molecule has 162 valence electrons. The number of amides is 2. The van der Waals surface area contributed by atoms with Crippen LogP contribution in [-0.2, 0) is 22.5 Å². The molecule has 31 heavy (non-hydrogen) atoms. The summed E-state index contributed by atoms with van der Waals surface area (Å²) in [6.45, 7) is 4.71.